The normalized spacial score (nSPS) is 10.2. The number of hydrogen-bond acceptors (Lipinski definition) is 5. The summed E-state index contributed by atoms with van der Waals surface area (Å²) in [5.74, 6) is 0.407. The van der Waals surface area contributed by atoms with Crippen molar-refractivity contribution in [2.75, 3.05) is 11.9 Å². The molecule has 0 bridgehead atoms. The monoisotopic (exact) mass is 423 g/mol. The zero-order valence-corrected chi connectivity index (χ0v) is 17.1. The van der Waals surface area contributed by atoms with Crippen LogP contribution in [0.25, 0.3) is 0 Å². The molecule has 1 aromatic heterocycles. The number of hydrogen-bond donors (Lipinski definition) is 3. The molecule has 0 unspecified atom stereocenters. The maximum Gasteiger partial charge on any atom is 0.261 e. The van der Waals surface area contributed by atoms with E-state index in [1.54, 1.807) is 66.9 Å². The summed E-state index contributed by atoms with van der Waals surface area (Å²) in [6, 6.07) is 17.3. The first-order valence-corrected chi connectivity index (χ1v) is 9.73. The summed E-state index contributed by atoms with van der Waals surface area (Å²) in [5.41, 5.74) is 1.22. The fraction of sp³-hybridized carbons (Fsp3) is 0.136. The van der Waals surface area contributed by atoms with Crippen molar-refractivity contribution < 1.29 is 18.7 Å². The fourth-order valence-corrected chi connectivity index (χ4v) is 2.93. The summed E-state index contributed by atoms with van der Waals surface area (Å²) in [4.78, 5) is 25.1. The van der Waals surface area contributed by atoms with Crippen LogP contribution in [-0.2, 0) is 6.54 Å². The molecule has 154 valence electrons. The van der Waals surface area contributed by atoms with Crippen molar-refractivity contribution in [2.45, 2.75) is 13.5 Å². The lowest BCUT2D eigenvalue weighted by Gasteiger charge is -2.14. The molecule has 0 fully saturated rings. The third kappa shape index (κ3) is 5.45. The molecule has 30 heavy (non-hydrogen) atoms. The number of benzene rings is 2. The SMILES string of the molecule is CCOc1ccccc1C(=O)NC(=S)Nc1ccccc1C(=O)NCc1ccco1. The molecule has 0 atom stereocenters. The summed E-state index contributed by atoms with van der Waals surface area (Å²) in [6.07, 6.45) is 1.54. The lowest BCUT2D eigenvalue weighted by Crippen LogP contribution is -2.35. The van der Waals surface area contributed by atoms with Gasteiger partial charge in [-0.15, -0.1) is 0 Å². The van der Waals surface area contributed by atoms with Gasteiger partial charge in [0, 0.05) is 0 Å². The molecule has 0 spiro atoms. The van der Waals surface area contributed by atoms with Gasteiger partial charge in [-0.1, -0.05) is 24.3 Å². The van der Waals surface area contributed by atoms with Crippen LogP contribution >= 0.6 is 12.2 Å². The Morgan fingerprint density at radius 3 is 2.43 bits per heavy atom. The van der Waals surface area contributed by atoms with Gasteiger partial charge in [-0.3, -0.25) is 14.9 Å². The highest BCUT2D eigenvalue weighted by Crippen LogP contribution is 2.18. The average molecular weight is 423 g/mol. The Morgan fingerprint density at radius 2 is 1.70 bits per heavy atom. The van der Waals surface area contributed by atoms with E-state index in [1.807, 2.05) is 6.92 Å². The Kier molecular flexibility index (Phi) is 7.18. The number of thiocarbonyl (C=S) groups is 1. The van der Waals surface area contributed by atoms with Crippen LogP contribution in [0.3, 0.4) is 0 Å². The molecular weight excluding hydrogens is 402 g/mol. The Labute approximate surface area is 179 Å². The standard InChI is InChI=1S/C22H21N3O4S/c1-2-28-19-12-6-4-10-17(19)21(27)25-22(30)24-18-11-5-3-9-16(18)20(26)23-14-15-8-7-13-29-15/h3-13H,2,14H2,1H3,(H,23,26)(H2,24,25,27,30). The molecule has 3 aromatic rings. The van der Waals surface area contributed by atoms with E-state index in [-0.39, 0.29) is 17.6 Å². The van der Waals surface area contributed by atoms with Crippen molar-refractivity contribution in [3.8, 4) is 5.75 Å². The highest BCUT2D eigenvalue weighted by atomic mass is 32.1. The highest BCUT2D eigenvalue weighted by Gasteiger charge is 2.16. The number of nitrogens with one attached hydrogen (secondary N) is 3. The maximum absolute atomic E-state index is 12.6. The summed E-state index contributed by atoms with van der Waals surface area (Å²) in [5, 5.41) is 8.38. The van der Waals surface area contributed by atoms with Crippen LogP contribution in [0.4, 0.5) is 5.69 Å². The minimum atomic E-state index is -0.406. The second kappa shape index (κ2) is 10.2. The fourth-order valence-electron chi connectivity index (χ4n) is 2.73. The van der Waals surface area contributed by atoms with Gasteiger partial charge in [0.2, 0.25) is 0 Å². The molecule has 0 aliphatic heterocycles. The summed E-state index contributed by atoms with van der Waals surface area (Å²) >= 11 is 5.27. The van der Waals surface area contributed by atoms with Crippen molar-refractivity contribution in [2.24, 2.45) is 0 Å². The Morgan fingerprint density at radius 1 is 0.967 bits per heavy atom. The van der Waals surface area contributed by atoms with Gasteiger partial charge in [-0.05, 0) is 55.5 Å². The predicted molar refractivity (Wildman–Crippen MR) is 118 cm³/mol. The number of rotatable bonds is 7. The van der Waals surface area contributed by atoms with Crippen molar-refractivity contribution >= 4 is 34.8 Å². The highest BCUT2D eigenvalue weighted by molar-refractivity contribution is 7.80. The van der Waals surface area contributed by atoms with Gasteiger partial charge in [-0.2, -0.15) is 0 Å². The third-order valence-corrected chi connectivity index (χ3v) is 4.29. The largest absolute Gasteiger partial charge is 0.493 e. The number of anilines is 1. The minimum Gasteiger partial charge on any atom is -0.493 e. The van der Waals surface area contributed by atoms with Gasteiger partial charge in [-0.25, -0.2) is 0 Å². The molecule has 8 heteroatoms. The molecule has 7 nitrogen and oxygen atoms in total. The van der Waals surface area contributed by atoms with Gasteiger partial charge in [0.25, 0.3) is 11.8 Å². The van der Waals surface area contributed by atoms with E-state index in [1.165, 1.54) is 0 Å². The second-order valence-corrected chi connectivity index (χ2v) is 6.55. The van der Waals surface area contributed by atoms with Crippen LogP contribution in [0.1, 0.15) is 33.4 Å². The van der Waals surface area contributed by atoms with Gasteiger partial charge in [0.15, 0.2) is 5.11 Å². The number of carbonyl (C=O) groups excluding carboxylic acids is 2. The summed E-state index contributed by atoms with van der Waals surface area (Å²) in [7, 11) is 0. The van der Waals surface area contributed by atoms with Crippen molar-refractivity contribution in [3.05, 3.63) is 83.8 Å². The number of amides is 2. The maximum atomic E-state index is 12.6. The lowest BCUT2D eigenvalue weighted by atomic mass is 10.1. The zero-order chi connectivity index (χ0) is 21.3. The molecule has 2 aromatic carbocycles. The Balaban J connectivity index is 1.65. The van der Waals surface area contributed by atoms with E-state index in [9.17, 15) is 9.59 Å². The van der Waals surface area contributed by atoms with E-state index in [2.05, 4.69) is 16.0 Å². The van der Waals surface area contributed by atoms with Crippen LogP contribution in [-0.4, -0.2) is 23.5 Å². The van der Waals surface area contributed by atoms with Crippen LogP contribution in [0.2, 0.25) is 0 Å². The Hall–Kier alpha value is -3.65. The number of furan rings is 1. The van der Waals surface area contributed by atoms with Gasteiger partial charge in [0.1, 0.15) is 11.5 Å². The molecule has 2 amide bonds. The molecular formula is C22H21N3O4S. The molecule has 0 radical (unpaired) electrons. The van der Waals surface area contributed by atoms with E-state index < -0.39 is 5.91 Å². The first kappa shape index (κ1) is 21.1. The van der Waals surface area contributed by atoms with Crippen LogP contribution in [0, 0.1) is 0 Å². The lowest BCUT2D eigenvalue weighted by molar-refractivity contribution is 0.0947. The number of ether oxygens (including phenoxy) is 1. The molecule has 0 aliphatic carbocycles. The molecule has 3 N–H and O–H groups in total. The summed E-state index contributed by atoms with van der Waals surface area (Å²) < 4.78 is 10.7. The van der Waals surface area contributed by atoms with Crippen LogP contribution in [0.15, 0.2) is 71.3 Å². The number of carbonyl (C=O) groups is 2. The van der Waals surface area contributed by atoms with E-state index in [0.29, 0.717) is 34.9 Å². The molecule has 3 rings (SSSR count). The van der Waals surface area contributed by atoms with E-state index in [4.69, 9.17) is 21.4 Å². The smallest absolute Gasteiger partial charge is 0.261 e. The zero-order valence-electron chi connectivity index (χ0n) is 16.3. The van der Waals surface area contributed by atoms with Crippen LogP contribution < -0.4 is 20.7 Å². The topological polar surface area (TPSA) is 92.6 Å². The minimum absolute atomic E-state index is 0.0672. The molecule has 1 heterocycles. The Bertz CT molecular complexity index is 1030. The quantitative estimate of drug-likeness (QED) is 0.502. The molecule has 0 aliphatic rings. The third-order valence-electron chi connectivity index (χ3n) is 4.08. The average Bonchev–Trinajstić information content (AvgIpc) is 3.26. The van der Waals surface area contributed by atoms with Gasteiger partial charge in [0.05, 0.1) is 36.2 Å². The number of para-hydroxylation sites is 2. The molecule has 0 saturated heterocycles. The first-order chi connectivity index (χ1) is 14.6. The summed E-state index contributed by atoms with van der Waals surface area (Å²) in [6.45, 7) is 2.54. The second-order valence-electron chi connectivity index (χ2n) is 6.15. The van der Waals surface area contributed by atoms with E-state index >= 15 is 0 Å². The van der Waals surface area contributed by atoms with Crippen molar-refractivity contribution in [3.63, 3.8) is 0 Å². The van der Waals surface area contributed by atoms with Crippen LogP contribution in [0.5, 0.6) is 5.75 Å². The predicted octanol–water partition coefficient (Wildman–Crippen LogP) is 3.74. The van der Waals surface area contributed by atoms with Gasteiger partial charge < -0.3 is 19.8 Å². The van der Waals surface area contributed by atoms with Crippen molar-refractivity contribution in [1.82, 2.24) is 10.6 Å². The van der Waals surface area contributed by atoms with E-state index in [0.717, 1.165) is 0 Å². The van der Waals surface area contributed by atoms with Crippen molar-refractivity contribution in [1.29, 1.82) is 0 Å². The first-order valence-electron chi connectivity index (χ1n) is 9.32. The molecule has 0 saturated carbocycles. The van der Waals surface area contributed by atoms with Gasteiger partial charge >= 0.3 is 0 Å².